The van der Waals surface area contributed by atoms with Crippen LogP contribution in [0.5, 0.6) is 5.75 Å². The van der Waals surface area contributed by atoms with Gasteiger partial charge in [0.15, 0.2) is 0 Å². The maximum atomic E-state index is 14.0. The van der Waals surface area contributed by atoms with E-state index in [1.54, 1.807) is 24.3 Å². The van der Waals surface area contributed by atoms with Crippen LogP contribution < -0.4 is 15.4 Å². The van der Waals surface area contributed by atoms with Gasteiger partial charge in [-0.15, -0.1) is 0 Å². The van der Waals surface area contributed by atoms with E-state index in [1.807, 2.05) is 45.9 Å². The lowest BCUT2D eigenvalue weighted by molar-refractivity contribution is -0.144. The molecule has 0 radical (unpaired) electrons. The van der Waals surface area contributed by atoms with Crippen LogP contribution in [0.2, 0.25) is 0 Å². The van der Waals surface area contributed by atoms with Crippen molar-refractivity contribution in [2.75, 3.05) is 30.4 Å². The Hall–Kier alpha value is -3.43. The van der Waals surface area contributed by atoms with Crippen molar-refractivity contribution < 1.29 is 29.0 Å². The van der Waals surface area contributed by atoms with Crippen molar-refractivity contribution in [2.45, 2.75) is 64.2 Å². The van der Waals surface area contributed by atoms with Gasteiger partial charge in [0.2, 0.25) is 17.7 Å². The Labute approximate surface area is 228 Å². The van der Waals surface area contributed by atoms with Gasteiger partial charge in [-0.1, -0.05) is 25.1 Å². The van der Waals surface area contributed by atoms with Crippen molar-refractivity contribution >= 4 is 29.1 Å². The monoisotopic (exact) mass is 535 g/mol. The van der Waals surface area contributed by atoms with Crippen LogP contribution in [0.1, 0.15) is 44.2 Å². The number of ether oxygens (including phenoxy) is 2. The lowest BCUT2D eigenvalue weighted by atomic mass is 9.65. The number of rotatable bonds is 9. The van der Waals surface area contributed by atoms with E-state index in [2.05, 4.69) is 10.6 Å². The van der Waals surface area contributed by atoms with Gasteiger partial charge in [0, 0.05) is 17.9 Å². The van der Waals surface area contributed by atoms with Gasteiger partial charge in [-0.25, -0.2) is 0 Å². The molecule has 9 nitrogen and oxygen atoms in total. The fourth-order valence-corrected chi connectivity index (χ4v) is 6.99. The van der Waals surface area contributed by atoms with E-state index in [0.29, 0.717) is 43.0 Å². The number of carbonyl (C=O) groups excluding carboxylic acids is 3. The number of benzene rings is 2. The Bertz CT molecular complexity index is 1260. The van der Waals surface area contributed by atoms with Gasteiger partial charge < -0.3 is 30.1 Å². The summed E-state index contributed by atoms with van der Waals surface area (Å²) < 4.78 is 12.2. The number of β-amino-alcohol motifs (C(OH)–C–C–N with tert-alkyl or cyclic N) is 1. The molecule has 3 amide bonds. The van der Waals surface area contributed by atoms with Crippen molar-refractivity contribution in [1.82, 2.24) is 4.90 Å². The van der Waals surface area contributed by atoms with Crippen LogP contribution in [0.3, 0.4) is 0 Å². The molecule has 0 aromatic heterocycles. The summed E-state index contributed by atoms with van der Waals surface area (Å²) in [4.78, 5) is 43.2. The molecule has 3 heterocycles. The Morgan fingerprint density at radius 2 is 1.74 bits per heavy atom. The first kappa shape index (κ1) is 27.1. The lowest BCUT2D eigenvalue weighted by Gasteiger charge is -2.34. The summed E-state index contributed by atoms with van der Waals surface area (Å²) in [5, 5.41) is 15.8. The predicted molar refractivity (Wildman–Crippen MR) is 146 cm³/mol. The molecule has 3 aliphatic heterocycles. The number of aliphatic hydroxyl groups is 1. The molecule has 208 valence electrons. The molecule has 2 aromatic rings. The number of aliphatic hydroxyl groups excluding tert-OH is 1. The van der Waals surface area contributed by atoms with Gasteiger partial charge in [0.05, 0.1) is 30.7 Å². The van der Waals surface area contributed by atoms with Crippen LogP contribution in [0, 0.1) is 25.7 Å². The van der Waals surface area contributed by atoms with Gasteiger partial charge >= 0.3 is 0 Å². The molecule has 3 fully saturated rings. The lowest BCUT2D eigenvalue weighted by Crippen LogP contribution is -2.53. The molecule has 39 heavy (non-hydrogen) atoms. The number of anilines is 2. The van der Waals surface area contributed by atoms with Crippen molar-refractivity contribution in [3.63, 3.8) is 0 Å². The highest BCUT2D eigenvalue weighted by atomic mass is 16.5. The average molecular weight is 536 g/mol. The average Bonchev–Trinajstić information content (AvgIpc) is 3.51. The number of amides is 3. The number of hydrogen-bond donors (Lipinski definition) is 3. The summed E-state index contributed by atoms with van der Waals surface area (Å²) in [6.07, 6.45) is 1.58. The maximum absolute atomic E-state index is 14.0. The normalized spacial score (nSPS) is 28.9. The summed E-state index contributed by atoms with van der Waals surface area (Å²) >= 11 is 0. The van der Waals surface area contributed by atoms with Crippen molar-refractivity contribution in [3.8, 4) is 5.75 Å². The van der Waals surface area contributed by atoms with E-state index in [0.717, 1.165) is 11.1 Å². The second-order valence-electron chi connectivity index (χ2n) is 10.8. The van der Waals surface area contributed by atoms with Crippen LogP contribution in [0.15, 0.2) is 42.5 Å². The molecule has 0 saturated carbocycles. The quantitative estimate of drug-likeness (QED) is 0.453. The summed E-state index contributed by atoms with van der Waals surface area (Å²) in [6.45, 7) is 7.91. The molecule has 3 saturated heterocycles. The van der Waals surface area contributed by atoms with Crippen molar-refractivity contribution in [3.05, 3.63) is 53.6 Å². The summed E-state index contributed by atoms with van der Waals surface area (Å²) in [5.41, 5.74) is 1.10. The maximum Gasteiger partial charge on any atom is 0.250 e. The molecule has 5 atom stereocenters. The minimum atomic E-state index is -1.15. The molecule has 3 N–H and O–H groups in total. The van der Waals surface area contributed by atoms with Crippen LogP contribution in [-0.4, -0.2) is 64.7 Å². The number of fused-ring (bicyclic) bond motifs is 1. The molecule has 1 spiro atoms. The van der Waals surface area contributed by atoms with Crippen LogP contribution in [0.4, 0.5) is 11.4 Å². The standard InChI is InChI=1S/C30H37N3O6/c1-5-29-14-15-30(39-29)23(22(29)26(35)31-20-10-12-21(13-11-20)38-6-2)28(37)33(16-17-34)25(30)27(36)32-24-18(3)8-7-9-19(24)4/h7-13,22-23,25,34H,5-6,14-17H2,1-4H3,(H,31,35)(H,32,36)/t22-,23-,25?,29+,30?/m0/s1. The van der Waals surface area contributed by atoms with E-state index in [1.165, 1.54) is 4.90 Å². The fourth-order valence-electron chi connectivity index (χ4n) is 6.99. The van der Waals surface area contributed by atoms with E-state index < -0.39 is 29.1 Å². The SMILES string of the molecule is CCOc1ccc(NC(=O)[C@@H]2[C@H]3C(=O)N(CCO)C(C(=O)Nc4c(C)cccc4C)C34CC[C@@]2(CC)O4)cc1. The second-order valence-corrected chi connectivity index (χ2v) is 10.8. The zero-order chi connectivity index (χ0) is 27.9. The number of likely N-dealkylation sites (tertiary alicyclic amines) is 1. The largest absolute Gasteiger partial charge is 0.494 e. The highest BCUT2D eigenvalue weighted by Gasteiger charge is 2.78. The molecule has 5 rings (SSSR count). The minimum absolute atomic E-state index is 0.0162. The van der Waals surface area contributed by atoms with Gasteiger partial charge in [-0.2, -0.15) is 0 Å². The Morgan fingerprint density at radius 1 is 1.05 bits per heavy atom. The molecule has 2 unspecified atom stereocenters. The first-order valence-electron chi connectivity index (χ1n) is 13.7. The zero-order valence-electron chi connectivity index (χ0n) is 23.0. The zero-order valence-corrected chi connectivity index (χ0v) is 23.0. The number of nitrogens with one attached hydrogen (secondary N) is 2. The molecule has 2 bridgehead atoms. The van der Waals surface area contributed by atoms with Crippen LogP contribution in [-0.2, 0) is 19.1 Å². The van der Waals surface area contributed by atoms with Crippen molar-refractivity contribution in [2.24, 2.45) is 11.8 Å². The number of hydrogen-bond acceptors (Lipinski definition) is 6. The van der Waals surface area contributed by atoms with Crippen molar-refractivity contribution in [1.29, 1.82) is 0 Å². The van der Waals surface area contributed by atoms with E-state index in [-0.39, 0.29) is 30.9 Å². The van der Waals surface area contributed by atoms with Gasteiger partial charge in [-0.05, 0) is 75.4 Å². The highest BCUT2D eigenvalue weighted by molar-refractivity contribution is 6.05. The molecule has 0 aliphatic carbocycles. The molecular weight excluding hydrogens is 498 g/mol. The minimum Gasteiger partial charge on any atom is -0.494 e. The topological polar surface area (TPSA) is 117 Å². The number of para-hydroxylation sites is 1. The molecule has 9 heteroatoms. The smallest absolute Gasteiger partial charge is 0.250 e. The Balaban J connectivity index is 1.48. The van der Waals surface area contributed by atoms with Gasteiger partial charge in [0.1, 0.15) is 17.4 Å². The molecule has 2 aromatic carbocycles. The van der Waals surface area contributed by atoms with Crippen LogP contribution in [0.25, 0.3) is 0 Å². The van der Waals surface area contributed by atoms with Gasteiger partial charge in [-0.3, -0.25) is 14.4 Å². The van der Waals surface area contributed by atoms with Crippen LogP contribution >= 0.6 is 0 Å². The number of aryl methyl sites for hydroxylation is 2. The van der Waals surface area contributed by atoms with E-state index in [4.69, 9.17) is 9.47 Å². The first-order valence-corrected chi connectivity index (χ1v) is 13.7. The van der Waals surface area contributed by atoms with E-state index in [9.17, 15) is 19.5 Å². The summed E-state index contributed by atoms with van der Waals surface area (Å²) in [7, 11) is 0. The van der Waals surface area contributed by atoms with Gasteiger partial charge in [0.25, 0.3) is 0 Å². The third-order valence-corrected chi connectivity index (χ3v) is 8.71. The Kier molecular flexibility index (Phi) is 7.15. The fraction of sp³-hybridized carbons (Fsp3) is 0.500. The third kappa shape index (κ3) is 4.28. The Morgan fingerprint density at radius 3 is 2.36 bits per heavy atom. The molecular formula is C30H37N3O6. The number of nitrogens with zero attached hydrogens (tertiary/aromatic N) is 1. The summed E-state index contributed by atoms with van der Waals surface area (Å²) in [5.74, 6) is -1.89. The molecule has 3 aliphatic rings. The number of carbonyl (C=O) groups is 3. The highest BCUT2D eigenvalue weighted by Crippen LogP contribution is 2.64. The third-order valence-electron chi connectivity index (χ3n) is 8.71. The van der Waals surface area contributed by atoms with E-state index >= 15 is 0 Å². The first-order chi connectivity index (χ1) is 18.7. The predicted octanol–water partition coefficient (Wildman–Crippen LogP) is 3.43. The summed E-state index contributed by atoms with van der Waals surface area (Å²) in [6, 6.07) is 11.9. The second kappa shape index (κ2) is 10.3.